The molecule has 1 N–H and O–H groups in total. The molecule has 3 rings (SSSR count). The van der Waals surface area contributed by atoms with Crippen LogP contribution in [-0.4, -0.2) is 16.0 Å². The fourth-order valence-corrected chi connectivity index (χ4v) is 2.55. The van der Waals surface area contributed by atoms with Crippen molar-refractivity contribution in [1.29, 1.82) is 0 Å². The van der Waals surface area contributed by atoms with Crippen LogP contribution in [0.1, 0.15) is 18.4 Å². The molecule has 6 heteroatoms. The highest BCUT2D eigenvalue weighted by Gasteiger charge is 2.20. The second-order valence-electron chi connectivity index (χ2n) is 4.69. The molecule has 20 heavy (non-hydrogen) atoms. The Balaban J connectivity index is 1.77. The lowest BCUT2D eigenvalue weighted by atomic mass is 10.2. The number of benzene rings is 1. The zero-order valence-corrected chi connectivity index (χ0v) is 11.5. The van der Waals surface area contributed by atoms with Crippen LogP contribution in [0.15, 0.2) is 40.6 Å². The Morgan fingerprint density at radius 2 is 1.95 bits per heavy atom. The Hall–Kier alpha value is -1.53. The lowest BCUT2D eigenvalue weighted by molar-refractivity contribution is 0.534. The minimum atomic E-state index is -0.562. The van der Waals surface area contributed by atoms with Crippen LogP contribution in [0.4, 0.5) is 8.78 Å². The summed E-state index contributed by atoms with van der Waals surface area (Å²) in [6.07, 6.45) is 6.78. The maximum Gasteiger partial charge on any atom is 0.140 e. The quantitative estimate of drug-likeness (QED) is 0.919. The van der Waals surface area contributed by atoms with Gasteiger partial charge in [0.15, 0.2) is 0 Å². The predicted molar refractivity (Wildman–Crippen MR) is 72.4 cm³/mol. The number of rotatable bonds is 5. The summed E-state index contributed by atoms with van der Waals surface area (Å²) in [7, 11) is 0. The second kappa shape index (κ2) is 5.85. The molecule has 1 fully saturated rings. The normalized spacial score (nSPS) is 14.5. The molecule has 0 aliphatic heterocycles. The van der Waals surface area contributed by atoms with Gasteiger partial charge < -0.3 is 5.32 Å². The Bertz CT molecular complexity index is 580. The van der Waals surface area contributed by atoms with E-state index in [2.05, 4.69) is 15.3 Å². The third-order valence-corrected chi connectivity index (χ3v) is 3.99. The van der Waals surface area contributed by atoms with Crippen molar-refractivity contribution in [2.75, 3.05) is 0 Å². The van der Waals surface area contributed by atoms with E-state index in [9.17, 15) is 8.78 Å². The third-order valence-electron chi connectivity index (χ3n) is 2.98. The van der Waals surface area contributed by atoms with Gasteiger partial charge in [0.2, 0.25) is 0 Å². The van der Waals surface area contributed by atoms with Gasteiger partial charge in [-0.3, -0.25) is 4.98 Å². The highest BCUT2D eigenvalue weighted by molar-refractivity contribution is 7.99. The fourth-order valence-electron chi connectivity index (χ4n) is 1.80. The van der Waals surface area contributed by atoms with Crippen LogP contribution < -0.4 is 5.32 Å². The van der Waals surface area contributed by atoms with Crippen LogP contribution in [0.25, 0.3) is 0 Å². The third kappa shape index (κ3) is 3.32. The van der Waals surface area contributed by atoms with E-state index in [1.807, 2.05) is 0 Å². The number of aromatic nitrogens is 2. The molecular weight excluding hydrogens is 280 g/mol. The van der Waals surface area contributed by atoms with Crippen molar-refractivity contribution in [2.24, 2.45) is 0 Å². The summed E-state index contributed by atoms with van der Waals surface area (Å²) in [5.74, 6) is -1.12. The van der Waals surface area contributed by atoms with Gasteiger partial charge in [-0.2, -0.15) is 0 Å². The molecule has 1 heterocycles. The van der Waals surface area contributed by atoms with Gasteiger partial charge in [0, 0.05) is 25.0 Å². The zero-order chi connectivity index (χ0) is 13.9. The molecule has 1 saturated carbocycles. The monoisotopic (exact) mass is 293 g/mol. The Morgan fingerprint density at radius 1 is 1.20 bits per heavy atom. The molecule has 0 unspecified atom stereocenters. The molecule has 1 aromatic carbocycles. The average Bonchev–Trinajstić information content (AvgIpc) is 3.26. The summed E-state index contributed by atoms with van der Waals surface area (Å²) in [6.45, 7) is 0.495. The molecule has 0 saturated heterocycles. The molecule has 0 amide bonds. The molecule has 0 atom stereocenters. The minimum Gasteiger partial charge on any atom is -0.310 e. The Morgan fingerprint density at radius 3 is 2.55 bits per heavy atom. The van der Waals surface area contributed by atoms with E-state index in [0.29, 0.717) is 23.2 Å². The van der Waals surface area contributed by atoms with Crippen LogP contribution in [0.5, 0.6) is 0 Å². The minimum absolute atomic E-state index is 0.0410. The van der Waals surface area contributed by atoms with Crippen molar-refractivity contribution in [3.63, 3.8) is 0 Å². The number of nitrogens with one attached hydrogen (secondary N) is 1. The van der Waals surface area contributed by atoms with Gasteiger partial charge >= 0.3 is 0 Å². The molecular formula is C14H13F2N3S. The second-order valence-corrected chi connectivity index (χ2v) is 5.72. The Labute approximate surface area is 119 Å². The van der Waals surface area contributed by atoms with E-state index < -0.39 is 11.6 Å². The van der Waals surface area contributed by atoms with E-state index in [-0.39, 0.29) is 4.90 Å². The number of nitrogens with zero attached hydrogens (tertiary/aromatic N) is 2. The number of halogens is 2. The lowest BCUT2D eigenvalue weighted by Gasteiger charge is -2.08. The van der Waals surface area contributed by atoms with E-state index in [4.69, 9.17) is 0 Å². The largest absolute Gasteiger partial charge is 0.310 e. The van der Waals surface area contributed by atoms with Gasteiger partial charge in [0.1, 0.15) is 16.7 Å². The van der Waals surface area contributed by atoms with Crippen LogP contribution >= 0.6 is 11.8 Å². The molecule has 0 radical (unpaired) electrons. The molecule has 104 valence electrons. The van der Waals surface area contributed by atoms with Crippen molar-refractivity contribution in [1.82, 2.24) is 15.3 Å². The first-order valence-electron chi connectivity index (χ1n) is 6.37. The van der Waals surface area contributed by atoms with E-state index in [1.54, 1.807) is 0 Å². The standard InChI is InChI=1S/C14H13F2N3S/c15-11-5-9(7-19-10-1-2-10)6-12(16)14(11)20-13-8-17-3-4-18-13/h3-6,8,10,19H,1-2,7H2. The first-order valence-corrected chi connectivity index (χ1v) is 7.19. The predicted octanol–water partition coefficient (Wildman–Crippen LogP) is 3.16. The number of hydrogen-bond acceptors (Lipinski definition) is 4. The lowest BCUT2D eigenvalue weighted by Crippen LogP contribution is -2.15. The topological polar surface area (TPSA) is 37.8 Å². The van der Waals surface area contributed by atoms with Crippen molar-refractivity contribution in [3.8, 4) is 0 Å². The Kier molecular flexibility index (Phi) is 3.93. The van der Waals surface area contributed by atoms with Crippen molar-refractivity contribution < 1.29 is 8.78 Å². The summed E-state index contributed by atoms with van der Waals surface area (Å²) in [5.41, 5.74) is 0.621. The molecule has 3 nitrogen and oxygen atoms in total. The van der Waals surface area contributed by atoms with Crippen LogP contribution in [0, 0.1) is 11.6 Å². The molecule has 0 bridgehead atoms. The molecule has 1 aromatic heterocycles. The summed E-state index contributed by atoms with van der Waals surface area (Å²) < 4.78 is 28.0. The maximum atomic E-state index is 14.0. The molecule has 0 spiro atoms. The van der Waals surface area contributed by atoms with Gasteiger partial charge in [0.05, 0.1) is 11.1 Å². The van der Waals surface area contributed by atoms with Gasteiger partial charge in [0.25, 0.3) is 0 Å². The van der Waals surface area contributed by atoms with Crippen LogP contribution in [0.2, 0.25) is 0 Å². The summed E-state index contributed by atoms with van der Waals surface area (Å²) in [5, 5.41) is 3.70. The molecule has 1 aliphatic carbocycles. The molecule has 1 aliphatic rings. The number of hydrogen-bond donors (Lipinski definition) is 1. The summed E-state index contributed by atoms with van der Waals surface area (Å²) in [4.78, 5) is 7.84. The first-order chi connectivity index (χ1) is 9.72. The summed E-state index contributed by atoms with van der Waals surface area (Å²) in [6, 6.07) is 3.25. The van der Waals surface area contributed by atoms with Crippen molar-refractivity contribution >= 4 is 11.8 Å². The maximum absolute atomic E-state index is 14.0. The SMILES string of the molecule is Fc1cc(CNC2CC2)cc(F)c1Sc1cnccn1. The smallest absolute Gasteiger partial charge is 0.140 e. The van der Waals surface area contributed by atoms with E-state index in [1.165, 1.54) is 30.7 Å². The van der Waals surface area contributed by atoms with Crippen molar-refractivity contribution in [3.05, 3.63) is 47.9 Å². The average molecular weight is 293 g/mol. The first kappa shape index (κ1) is 13.5. The van der Waals surface area contributed by atoms with Crippen LogP contribution in [-0.2, 0) is 6.54 Å². The van der Waals surface area contributed by atoms with E-state index in [0.717, 1.165) is 24.6 Å². The van der Waals surface area contributed by atoms with Gasteiger partial charge in [-0.1, -0.05) is 11.8 Å². The molecule has 2 aromatic rings. The highest BCUT2D eigenvalue weighted by atomic mass is 32.2. The zero-order valence-electron chi connectivity index (χ0n) is 10.6. The fraction of sp³-hybridized carbons (Fsp3) is 0.286. The van der Waals surface area contributed by atoms with Crippen molar-refractivity contribution in [2.45, 2.75) is 35.3 Å². The summed E-state index contributed by atoms with van der Waals surface area (Å²) >= 11 is 0.942. The van der Waals surface area contributed by atoms with E-state index >= 15 is 0 Å². The van der Waals surface area contributed by atoms with Crippen LogP contribution in [0.3, 0.4) is 0 Å². The highest BCUT2D eigenvalue weighted by Crippen LogP contribution is 2.31. The van der Waals surface area contributed by atoms with Gasteiger partial charge in [-0.05, 0) is 30.5 Å². The van der Waals surface area contributed by atoms with Gasteiger partial charge in [-0.15, -0.1) is 0 Å². The van der Waals surface area contributed by atoms with Gasteiger partial charge in [-0.25, -0.2) is 13.8 Å².